The molecule has 0 saturated carbocycles. The summed E-state index contributed by atoms with van der Waals surface area (Å²) in [5.41, 5.74) is 0.307. The molecular formula is C12H17NO2S. The standard InChI is InChI=1S/C12H17NO2S/c1-12(2,3)15-11(14)13(4)9-5-7-10(16)8-6-9/h5-8,16H,1-4H3. The van der Waals surface area contributed by atoms with E-state index in [1.807, 2.05) is 45.0 Å². The number of anilines is 1. The minimum atomic E-state index is -0.477. The first kappa shape index (κ1) is 12.9. The van der Waals surface area contributed by atoms with Gasteiger partial charge in [0.2, 0.25) is 0 Å². The predicted octanol–water partition coefficient (Wildman–Crippen LogP) is 3.35. The fourth-order valence-corrected chi connectivity index (χ4v) is 1.26. The van der Waals surface area contributed by atoms with Crippen LogP contribution in [-0.4, -0.2) is 18.7 Å². The van der Waals surface area contributed by atoms with E-state index in [2.05, 4.69) is 12.6 Å². The van der Waals surface area contributed by atoms with Crippen molar-refractivity contribution in [1.29, 1.82) is 0 Å². The summed E-state index contributed by atoms with van der Waals surface area (Å²) in [4.78, 5) is 14.1. The lowest BCUT2D eigenvalue weighted by Crippen LogP contribution is -2.34. The number of benzene rings is 1. The molecule has 0 radical (unpaired) electrons. The topological polar surface area (TPSA) is 29.5 Å². The first-order chi connectivity index (χ1) is 7.29. The van der Waals surface area contributed by atoms with Crippen LogP contribution in [0.5, 0.6) is 0 Å². The quantitative estimate of drug-likeness (QED) is 0.762. The van der Waals surface area contributed by atoms with E-state index in [1.165, 1.54) is 4.90 Å². The molecular weight excluding hydrogens is 222 g/mol. The Morgan fingerprint density at radius 3 is 2.19 bits per heavy atom. The first-order valence-corrected chi connectivity index (χ1v) is 5.50. The average molecular weight is 239 g/mol. The molecule has 1 aromatic rings. The maximum Gasteiger partial charge on any atom is 0.414 e. The summed E-state index contributed by atoms with van der Waals surface area (Å²) in [5.74, 6) is 0. The number of hydrogen-bond donors (Lipinski definition) is 1. The molecule has 4 heteroatoms. The van der Waals surface area contributed by atoms with E-state index in [0.717, 1.165) is 10.6 Å². The fraction of sp³-hybridized carbons (Fsp3) is 0.417. The normalized spacial score (nSPS) is 11.1. The molecule has 0 aliphatic heterocycles. The van der Waals surface area contributed by atoms with Crippen LogP contribution >= 0.6 is 12.6 Å². The first-order valence-electron chi connectivity index (χ1n) is 5.05. The third kappa shape index (κ3) is 3.77. The van der Waals surface area contributed by atoms with Gasteiger partial charge in [0.05, 0.1) is 0 Å². The highest BCUT2D eigenvalue weighted by molar-refractivity contribution is 7.80. The van der Waals surface area contributed by atoms with E-state index in [1.54, 1.807) is 7.05 Å². The Bertz CT molecular complexity index is 368. The van der Waals surface area contributed by atoms with Gasteiger partial charge in [-0.1, -0.05) is 0 Å². The number of carbonyl (C=O) groups excluding carboxylic acids is 1. The zero-order valence-electron chi connectivity index (χ0n) is 10.0. The Morgan fingerprint density at radius 1 is 1.25 bits per heavy atom. The second-order valence-corrected chi connectivity index (χ2v) is 5.07. The van der Waals surface area contributed by atoms with Gasteiger partial charge in [-0.2, -0.15) is 0 Å². The molecule has 88 valence electrons. The van der Waals surface area contributed by atoms with Crippen molar-refractivity contribution in [3.8, 4) is 0 Å². The van der Waals surface area contributed by atoms with Crippen LogP contribution in [0.4, 0.5) is 10.5 Å². The number of thiol groups is 1. The summed E-state index contributed by atoms with van der Waals surface area (Å²) in [6.07, 6.45) is -0.362. The number of rotatable bonds is 1. The van der Waals surface area contributed by atoms with Gasteiger partial charge < -0.3 is 4.74 Å². The fourth-order valence-electron chi connectivity index (χ4n) is 1.11. The minimum Gasteiger partial charge on any atom is -0.443 e. The Labute approximate surface area is 102 Å². The highest BCUT2D eigenvalue weighted by Gasteiger charge is 2.20. The molecule has 0 aliphatic carbocycles. The summed E-state index contributed by atoms with van der Waals surface area (Å²) in [6.45, 7) is 5.53. The summed E-state index contributed by atoms with van der Waals surface area (Å²) in [6, 6.07) is 7.32. The van der Waals surface area contributed by atoms with Crippen molar-refractivity contribution in [1.82, 2.24) is 0 Å². The SMILES string of the molecule is CN(C(=O)OC(C)(C)C)c1ccc(S)cc1. The molecule has 0 aromatic heterocycles. The lowest BCUT2D eigenvalue weighted by Gasteiger charge is -2.24. The van der Waals surface area contributed by atoms with Crippen molar-refractivity contribution in [2.75, 3.05) is 11.9 Å². The van der Waals surface area contributed by atoms with E-state index in [0.29, 0.717) is 0 Å². The van der Waals surface area contributed by atoms with Crippen LogP contribution in [0, 0.1) is 0 Å². The molecule has 0 spiro atoms. The summed E-state index contributed by atoms with van der Waals surface area (Å²) < 4.78 is 5.25. The largest absolute Gasteiger partial charge is 0.443 e. The van der Waals surface area contributed by atoms with Crippen molar-refractivity contribution in [3.63, 3.8) is 0 Å². The van der Waals surface area contributed by atoms with Crippen LogP contribution in [0.25, 0.3) is 0 Å². The molecule has 1 amide bonds. The van der Waals surface area contributed by atoms with Crippen LogP contribution in [0.15, 0.2) is 29.2 Å². The number of ether oxygens (including phenoxy) is 1. The Kier molecular flexibility index (Phi) is 3.86. The summed E-state index contributed by atoms with van der Waals surface area (Å²) >= 11 is 4.19. The highest BCUT2D eigenvalue weighted by Crippen LogP contribution is 2.18. The lowest BCUT2D eigenvalue weighted by atomic mass is 10.2. The minimum absolute atomic E-state index is 0.362. The molecule has 0 aliphatic rings. The number of nitrogens with zero attached hydrogens (tertiary/aromatic N) is 1. The monoisotopic (exact) mass is 239 g/mol. The second-order valence-electron chi connectivity index (χ2n) is 4.56. The maximum absolute atomic E-state index is 11.7. The lowest BCUT2D eigenvalue weighted by molar-refractivity contribution is 0.0589. The summed E-state index contributed by atoms with van der Waals surface area (Å²) in [5, 5.41) is 0. The molecule has 0 atom stereocenters. The highest BCUT2D eigenvalue weighted by atomic mass is 32.1. The van der Waals surface area contributed by atoms with Gasteiger partial charge in [-0.15, -0.1) is 12.6 Å². The molecule has 0 fully saturated rings. The predicted molar refractivity (Wildman–Crippen MR) is 68.3 cm³/mol. The van der Waals surface area contributed by atoms with E-state index < -0.39 is 5.60 Å². The summed E-state index contributed by atoms with van der Waals surface area (Å²) in [7, 11) is 1.68. The third-order valence-corrected chi connectivity index (χ3v) is 2.20. The Morgan fingerprint density at radius 2 is 1.75 bits per heavy atom. The van der Waals surface area contributed by atoms with Gasteiger partial charge in [-0.05, 0) is 45.0 Å². The molecule has 0 saturated heterocycles. The van der Waals surface area contributed by atoms with Crippen LogP contribution in [0.3, 0.4) is 0 Å². The molecule has 3 nitrogen and oxygen atoms in total. The van der Waals surface area contributed by atoms with Crippen LogP contribution in [0.2, 0.25) is 0 Å². The van der Waals surface area contributed by atoms with Crippen molar-refractivity contribution >= 4 is 24.4 Å². The molecule has 0 N–H and O–H groups in total. The van der Waals surface area contributed by atoms with Gasteiger partial charge >= 0.3 is 6.09 Å². The zero-order valence-corrected chi connectivity index (χ0v) is 10.9. The van der Waals surface area contributed by atoms with Gasteiger partial charge in [0.1, 0.15) is 5.60 Å². The Balaban J connectivity index is 2.74. The zero-order chi connectivity index (χ0) is 12.3. The Hall–Kier alpha value is -1.16. The van der Waals surface area contributed by atoms with E-state index in [4.69, 9.17) is 4.74 Å². The van der Waals surface area contributed by atoms with Crippen molar-refractivity contribution in [2.45, 2.75) is 31.3 Å². The van der Waals surface area contributed by atoms with E-state index >= 15 is 0 Å². The van der Waals surface area contributed by atoms with Gasteiger partial charge in [0.15, 0.2) is 0 Å². The van der Waals surface area contributed by atoms with Crippen LogP contribution < -0.4 is 4.90 Å². The number of amides is 1. The second kappa shape index (κ2) is 4.78. The van der Waals surface area contributed by atoms with E-state index in [-0.39, 0.29) is 6.09 Å². The van der Waals surface area contributed by atoms with Gasteiger partial charge in [0, 0.05) is 17.6 Å². The van der Waals surface area contributed by atoms with Crippen LogP contribution in [-0.2, 0) is 4.74 Å². The van der Waals surface area contributed by atoms with E-state index in [9.17, 15) is 4.79 Å². The smallest absolute Gasteiger partial charge is 0.414 e. The molecule has 0 unspecified atom stereocenters. The molecule has 1 aromatic carbocycles. The maximum atomic E-state index is 11.7. The molecule has 0 heterocycles. The van der Waals surface area contributed by atoms with Crippen molar-refractivity contribution in [3.05, 3.63) is 24.3 Å². The molecule has 1 rings (SSSR count). The van der Waals surface area contributed by atoms with Crippen molar-refractivity contribution < 1.29 is 9.53 Å². The van der Waals surface area contributed by atoms with Gasteiger partial charge in [-0.3, -0.25) is 4.90 Å². The number of hydrogen-bond acceptors (Lipinski definition) is 3. The van der Waals surface area contributed by atoms with Gasteiger partial charge in [0.25, 0.3) is 0 Å². The number of carbonyl (C=O) groups is 1. The average Bonchev–Trinajstić information content (AvgIpc) is 2.15. The third-order valence-electron chi connectivity index (χ3n) is 1.90. The van der Waals surface area contributed by atoms with Gasteiger partial charge in [-0.25, -0.2) is 4.79 Å². The van der Waals surface area contributed by atoms with Crippen LogP contribution in [0.1, 0.15) is 20.8 Å². The van der Waals surface area contributed by atoms with Crippen molar-refractivity contribution in [2.24, 2.45) is 0 Å². The molecule has 16 heavy (non-hydrogen) atoms. The molecule has 0 bridgehead atoms.